The lowest BCUT2D eigenvalue weighted by molar-refractivity contribution is 0.0956. The zero-order valence-electron chi connectivity index (χ0n) is 8.81. The molecule has 16 heavy (non-hydrogen) atoms. The maximum Gasteiger partial charge on any atom is 0.252 e. The molecule has 2 rings (SSSR count). The molecule has 0 aliphatic rings. The Morgan fingerprint density at radius 2 is 2.12 bits per heavy atom. The Morgan fingerprint density at radius 3 is 2.94 bits per heavy atom. The fourth-order valence-corrected chi connectivity index (χ4v) is 1.57. The van der Waals surface area contributed by atoms with Gasteiger partial charge in [0.2, 0.25) is 0 Å². The maximum absolute atomic E-state index is 11.8. The van der Waals surface area contributed by atoms with Crippen LogP contribution < -0.4 is 11.1 Å². The summed E-state index contributed by atoms with van der Waals surface area (Å²) in [7, 11) is 0. The highest BCUT2D eigenvalue weighted by atomic mass is 16.1. The molecule has 0 fully saturated rings. The van der Waals surface area contributed by atoms with Crippen molar-refractivity contribution in [1.29, 1.82) is 0 Å². The summed E-state index contributed by atoms with van der Waals surface area (Å²) in [5.74, 6) is -0.107. The van der Waals surface area contributed by atoms with Gasteiger partial charge in [-0.3, -0.25) is 9.78 Å². The van der Waals surface area contributed by atoms with Crippen LogP contribution in [0, 0.1) is 0 Å². The fraction of sp³-hybridized carbons (Fsp3) is 0.167. The van der Waals surface area contributed by atoms with Crippen molar-refractivity contribution in [2.24, 2.45) is 5.73 Å². The van der Waals surface area contributed by atoms with Crippen LogP contribution in [0.4, 0.5) is 0 Å². The molecule has 0 radical (unpaired) electrons. The van der Waals surface area contributed by atoms with Gasteiger partial charge in [-0.2, -0.15) is 0 Å². The van der Waals surface area contributed by atoms with E-state index in [9.17, 15) is 4.79 Å². The van der Waals surface area contributed by atoms with E-state index in [1.807, 2.05) is 24.3 Å². The van der Waals surface area contributed by atoms with Crippen molar-refractivity contribution in [2.45, 2.75) is 0 Å². The topological polar surface area (TPSA) is 68.0 Å². The van der Waals surface area contributed by atoms with E-state index in [1.54, 1.807) is 12.3 Å². The summed E-state index contributed by atoms with van der Waals surface area (Å²) in [4.78, 5) is 16.0. The van der Waals surface area contributed by atoms with Gasteiger partial charge in [0.15, 0.2) is 0 Å². The lowest BCUT2D eigenvalue weighted by atomic mass is 10.1. The number of aromatic nitrogens is 1. The third-order valence-electron chi connectivity index (χ3n) is 2.32. The minimum Gasteiger partial charge on any atom is -0.351 e. The van der Waals surface area contributed by atoms with Crippen LogP contribution in [0.5, 0.6) is 0 Å². The minimum absolute atomic E-state index is 0.107. The number of para-hydroxylation sites is 1. The lowest BCUT2D eigenvalue weighted by Crippen LogP contribution is -2.29. The highest BCUT2D eigenvalue weighted by Gasteiger charge is 2.08. The predicted octanol–water partition coefficient (Wildman–Crippen LogP) is 0.923. The van der Waals surface area contributed by atoms with Crippen molar-refractivity contribution >= 4 is 16.8 Å². The van der Waals surface area contributed by atoms with Crippen LogP contribution in [0.15, 0.2) is 36.5 Å². The first kappa shape index (κ1) is 10.6. The Bertz CT molecular complexity index is 505. The molecule has 0 aliphatic heterocycles. The number of nitrogens with one attached hydrogen (secondary N) is 1. The molecule has 0 saturated carbocycles. The number of carbonyl (C=O) groups is 1. The minimum atomic E-state index is -0.107. The molecule has 4 heteroatoms. The number of benzene rings is 1. The van der Waals surface area contributed by atoms with Gasteiger partial charge in [0.1, 0.15) is 0 Å². The number of carbonyl (C=O) groups excluding carboxylic acids is 1. The van der Waals surface area contributed by atoms with Gasteiger partial charge >= 0.3 is 0 Å². The standard InChI is InChI=1S/C12H13N3O/c13-6-8-15-12(16)10-5-7-14-11-4-2-1-3-9(10)11/h1-5,7H,6,8,13H2,(H,15,16). The first-order valence-electron chi connectivity index (χ1n) is 5.15. The summed E-state index contributed by atoms with van der Waals surface area (Å²) >= 11 is 0. The molecule has 82 valence electrons. The Kier molecular flexibility index (Phi) is 3.12. The van der Waals surface area contributed by atoms with Crippen molar-refractivity contribution in [3.05, 3.63) is 42.1 Å². The highest BCUT2D eigenvalue weighted by molar-refractivity contribution is 6.05. The van der Waals surface area contributed by atoms with Crippen LogP contribution in [0.2, 0.25) is 0 Å². The molecule has 1 amide bonds. The largest absolute Gasteiger partial charge is 0.351 e. The monoisotopic (exact) mass is 215 g/mol. The highest BCUT2D eigenvalue weighted by Crippen LogP contribution is 2.15. The van der Waals surface area contributed by atoms with Gasteiger partial charge in [0.05, 0.1) is 11.1 Å². The molecular formula is C12H13N3O. The third-order valence-corrected chi connectivity index (χ3v) is 2.32. The van der Waals surface area contributed by atoms with Gasteiger partial charge in [-0.15, -0.1) is 0 Å². The van der Waals surface area contributed by atoms with Crippen LogP contribution in [-0.4, -0.2) is 24.0 Å². The second kappa shape index (κ2) is 4.72. The molecule has 0 atom stereocenters. The van der Waals surface area contributed by atoms with E-state index in [4.69, 9.17) is 5.73 Å². The molecule has 0 unspecified atom stereocenters. The molecule has 2 aromatic rings. The molecule has 3 N–H and O–H groups in total. The molecule has 0 spiro atoms. The van der Waals surface area contributed by atoms with E-state index >= 15 is 0 Å². The first-order chi connectivity index (χ1) is 7.83. The number of nitrogens with zero attached hydrogens (tertiary/aromatic N) is 1. The van der Waals surface area contributed by atoms with Gasteiger partial charge in [0.25, 0.3) is 5.91 Å². The quantitative estimate of drug-likeness (QED) is 0.800. The van der Waals surface area contributed by atoms with E-state index in [2.05, 4.69) is 10.3 Å². The zero-order valence-corrected chi connectivity index (χ0v) is 8.81. The van der Waals surface area contributed by atoms with Crippen LogP contribution in [0.25, 0.3) is 10.9 Å². The summed E-state index contributed by atoms with van der Waals surface area (Å²) in [6, 6.07) is 9.28. The summed E-state index contributed by atoms with van der Waals surface area (Å²) in [6.07, 6.45) is 1.64. The average Bonchev–Trinajstić information content (AvgIpc) is 2.35. The summed E-state index contributed by atoms with van der Waals surface area (Å²) in [5, 5.41) is 3.61. The van der Waals surface area contributed by atoms with E-state index in [-0.39, 0.29) is 5.91 Å². The SMILES string of the molecule is NCCNC(=O)c1ccnc2ccccc12. The smallest absolute Gasteiger partial charge is 0.252 e. The number of fused-ring (bicyclic) bond motifs is 1. The molecule has 4 nitrogen and oxygen atoms in total. The van der Waals surface area contributed by atoms with Crippen LogP contribution in [0.1, 0.15) is 10.4 Å². The van der Waals surface area contributed by atoms with E-state index < -0.39 is 0 Å². The molecule has 1 aromatic carbocycles. The number of pyridine rings is 1. The number of nitrogens with two attached hydrogens (primary N) is 1. The Hall–Kier alpha value is -1.94. The molecule has 0 bridgehead atoms. The van der Waals surface area contributed by atoms with Crippen LogP contribution in [0.3, 0.4) is 0 Å². The number of amides is 1. The number of hydrogen-bond acceptors (Lipinski definition) is 3. The average molecular weight is 215 g/mol. The summed E-state index contributed by atoms with van der Waals surface area (Å²) in [6.45, 7) is 0.921. The van der Waals surface area contributed by atoms with Gasteiger partial charge in [-0.05, 0) is 12.1 Å². The van der Waals surface area contributed by atoms with Crippen molar-refractivity contribution < 1.29 is 4.79 Å². The molecule has 1 heterocycles. The van der Waals surface area contributed by atoms with Crippen molar-refractivity contribution in [1.82, 2.24) is 10.3 Å². The first-order valence-corrected chi connectivity index (χ1v) is 5.15. The van der Waals surface area contributed by atoms with Crippen molar-refractivity contribution in [3.8, 4) is 0 Å². The van der Waals surface area contributed by atoms with Gasteiger partial charge in [-0.25, -0.2) is 0 Å². The predicted molar refractivity (Wildman–Crippen MR) is 63.1 cm³/mol. The fourth-order valence-electron chi connectivity index (χ4n) is 1.57. The van der Waals surface area contributed by atoms with Gasteiger partial charge < -0.3 is 11.1 Å². The Labute approximate surface area is 93.5 Å². The summed E-state index contributed by atoms with van der Waals surface area (Å²) < 4.78 is 0. The number of rotatable bonds is 3. The lowest BCUT2D eigenvalue weighted by Gasteiger charge is -2.06. The summed E-state index contributed by atoms with van der Waals surface area (Å²) in [5.41, 5.74) is 6.80. The van der Waals surface area contributed by atoms with Crippen molar-refractivity contribution in [3.63, 3.8) is 0 Å². The maximum atomic E-state index is 11.8. The van der Waals surface area contributed by atoms with E-state index in [0.717, 1.165) is 10.9 Å². The van der Waals surface area contributed by atoms with Crippen LogP contribution in [-0.2, 0) is 0 Å². The second-order valence-electron chi connectivity index (χ2n) is 3.42. The molecule has 0 saturated heterocycles. The second-order valence-corrected chi connectivity index (χ2v) is 3.42. The zero-order chi connectivity index (χ0) is 11.4. The van der Waals surface area contributed by atoms with Crippen LogP contribution >= 0.6 is 0 Å². The molecule has 0 aliphatic carbocycles. The Morgan fingerprint density at radius 1 is 1.31 bits per heavy atom. The Balaban J connectivity index is 2.40. The third kappa shape index (κ3) is 2.01. The van der Waals surface area contributed by atoms with Crippen molar-refractivity contribution in [2.75, 3.05) is 13.1 Å². The van der Waals surface area contributed by atoms with Gasteiger partial charge in [0, 0.05) is 24.7 Å². The number of hydrogen-bond donors (Lipinski definition) is 2. The molecular weight excluding hydrogens is 202 g/mol. The normalized spacial score (nSPS) is 10.3. The van der Waals surface area contributed by atoms with E-state index in [1.165, 1.54) is 0 Å². The van der Waals surface area contributed by atoms with Gasteiger partial charge in [-0.1, -0.05) is 18.2 Å². The van der Waals surface area contributed by atoms with E-state index in [0.29, 0.717) is 18.7 Å². The molecule has 1 aromatic heterocycles.